The maximum atomic E-state index is 11.9. The van der Waals surface area contributed by atoms with Crippen LogP contribution < -0.4 is 10.1 Å². The number of benzene rings is 1. The van der Waals surface area contributed by atoms with Crippen molar-refractivity contribution in [1.82, 2.24) is 10.2 Å². The third kappa shape index (κ3) is 4.53. The summed E-state index contributed by atoms with van der Waals surface area (Å²) < 4.78 is 5.11. The summed E-state index contributed by atoms with van der Waals surface area (Å²) in [5.74, 6) is 1.56. The molecule has 0 bridgehead atoms. The summed E-state index contributed by atoms with van der Waals surface area (Å²) >= 11 is 0. The van der Waals surface area contributed by atoms with E-state index in [-0.39, 0.29) is 5.91 Å². The Morgan fingerprint density at radius 2 is 1.95 bits per heavy atom. The number of nitrogens with zero attached hydrogens (tertiary/aromatic N) is 1. The molecule has 2 rings (SSSR count). The van der Waals surface area contributed by atoms with Crippen LogP contribution in [0.15, 0.2) is 24.3 Å². The van der Waals surface area contributed by atoms with Crippen LogP contribution in [0.25, 0.3) is 0 Å². The Balaban J connectivity index is 1.72. The van der Waals surface area contributed by atoms with E-state index in [1.54, 1.807) is 7.11 Å². The first kappa shape index (κ1) is 14.9. The van der Waals surface area contributed by atoms with Crippen LogP contribution in [0.5, 0.6) is 5.75 Å². The van der Waals surface area contributed by atoms with E-state index in [0.29, 0.717) is 12.3 Å². The lowest BCUT2D eigenvalue weighted by atomic mass is 9.97. The third-order valence-electron chi connectivity index (χ3n) is 3.95. The average Bonchev–Trinajstić information content (AvgIpc) is 2.47. The number of hydrogen-bond donors (Lipinski definition) is 1. The molecule has 0 radical (unpaired) electrons. The molecular weight excluding hydrogens is 252 g/mol. The first-order valence-electron chi connectivity index (χ1n) is 7.25. The van der Waals surface area contributed by atoms with Crippen LogP contribution >= 0.6 is 0 Å². The highest BCUT2D eigenvalue weighted by Gasteiger charge is 2.17. The van der Waals surface area contributed by atoms with Crippen molar-refractivity contribution < 1.29 is 9.53 Å². The Bertz CT molecular complexity index is 423. The topological polar surface area (TPSA) is 41.6 Å². The predicted molar refractivity (Wildman–Crippen MR) is 79.9 cm³/mol. The molecule has 1 aromatic carbocycles. The molecule has 0 aliphatic carbocycles. The number of ether oxygens (including phenoxy) is 1. The molecule has 4 nitrogen and oxygen atoms in total. The summed E-state index contributed by atoms with van der Waals surface area (Å²) in [5.41, 5.74) is 1.02. The van der Waals surface area contributed by atoms with E-state index >= 15 is 0 Å². The molecule has 1 aliphatic heterocycles. The summed E-state index contributed by atoms with van der Waals surface area (Å²) in [6.45, 7) is 3.08. The van der Waals surface area contributed by atoms with Crippen molar-refractivity contribution in [3.63, 3.8) is 0 Å². The molecule has 1 aliphatic rings. The summed E-state index contributed by atoms with van der Waals surface area (Å²) in [7, 11) is 3.79. The molecule has 20 heavy (non-hydrogen) atoms. The SMILES string of the molecule is COc1ccc(CC(=O)NCC2CCN(C)CC2)cc1. The van der Waals surface area contributed by atoms with Gasteiger partial charge in [0.25, 0.3) is 0 Å². The third-order valence-corrected chi connectivity index (χ3v) is 3.95. The van der Waals surface area contributed by atoms with E-state index in [2.05, 4.69) is 17.3 Å². The fraction of sp³-hybridized carbons (Fsp3) is 0.562. The van der Waals surface area contributed by atoms with Crippen LogP contribution in [0.3, 0.4) is 0 Å². The van der Waals surface area contributed by atoms with Crippen LogP contribution in [-0.4, -0.2) is 44.6 Å². The zero-order valence-corrected chi connectivity index (χ0v) is 12.4. The van der Waals surface area contributed by atoms with Gasteiger partial charge in [-0.3, -0.25) is 4.79 Å². The molecule has 1 N–H and O–H groups in total. The zero-order valence-electron chi connectivity index (χ0n) is 12.4. The second kappa shape index (κ2) is 7.29. The highest BCUT2D eigenvalue weighted by Crippen LogP contribution is 2.15. The lowest BCUT2D eigenvalue weighted by molar-refractivity contribution is -0.120. The van der Waals surface area contributed by atoms with Gasteiger partial charge in [0.05, 0.1) is 13.5 Å². The minimum atomic E-state index is 0.106. The molecule has 0 atom stereocenters. The maximum absolute atomic E-state index is 11.9. The second-order valence-corrected chi connectivity index (χ2v) is 5.58. The Kier molecular flexibility index (Phi) is 5.41. The molecule has 0 aromatic heterocycles. The number of nitrogens with one attached hydrogen (secondary N) is 1. The van der Waals surface area contributed by atoms with Gasteiger partial charge in [-0.25, -0.2) is 0 Å². The van der Waals surface area contributed by atoms with E-state index in [9.17, 15) is 4.79 Å². The summed E-state index contributed by atoms with van der Waals surface area (Å²) in [6, 6.07) is 7.65. The number of rotatable bonds is 5. The minimum absolute atomic E-state index is 0.106. The quantitative estimate of drug-likeness (QED) is 0.890. The van der Waals surface area contributed by atoms with Gasteiger partial charge in [0.1, 0.15) is 5.75 Å². The molecule has 0 saturated carbocycles. The molecule has 1 fully saturated rings. The van der Waals surface area contributed by atoms with Gasteiger partial charge < -0.3 is 15.0 Å². The van der Waals surface area contributed by atoms with E-state index < -0.39 is 0 Å². The number of carbonyl (C=O) groups excluding carboxylic acids is 1. The van der Waals surface area contributed by atoms with E-state index in [1.165, 1.54) is 12.8 Å². The minimum Gasteiger partial charge on any atom is -0.497 e. The van der Waals surface area contributed by atoms with Crippen molar-refractivity contribution in [2.24, 2.45) is 5.92 Å². The smallest absolute Gasteiger partial charge is 0.224 e. The Hall–Kier alpha value is -1.55. The Labute approximate surface area is 121 Å². The number of likely N-dealkylation sites (tertiary alicyclic amines) is 1. The summed E-state index contributed by atoms with van der Waals surface area (Å²) in [6.07, 6.45) is 2.80. The van der Waals surface area contributed by atoms with Crippen LogP contribution in [0.2, 0.25) is 0 Å². The van der Waals surface area contributed by atoms with E-state index in [1.807, 2.05) is 24.3 Å². The maximum Gasteiger partial charge on any atom is 0.224 e. The number of hydrogen-bond acceptors (Lipinski definition) is 3. The first-order chi connectivity index (χ1) is 9.67. The number of methoxy groups -OCH3 is 1. The molecule has 1 saturated heterocycles. The molecule has 4 heteroatoms. The van der Waals surface area contributed by atoms with Crippen molar-refractivity contribution in [3.8, 4) is 5.75 Å². The largest absolute Gasteiger partial charge is 0.497 e. The van der Waals surface area contributed by atoms with Crippen LogP contribution in [0.4, 0.5) is 0 Å². The normalized spacial score (nSPS) is 16.9. The van der Waals surface area contributed by atoms with E-state index in [0.717, 1.165) is 30.9 Å². The molecule has 1 amide bonds. The van der Waals surface area contributed by atoms with Gasteiger partial charge in [-0.15, -0.1) is 0 Å². The highest BCUT2D eigenvalue weighted by atomic mass is 16.5. The van der Waals surface area contributed by atoms with Crippen molar-refractivity contribution in [2.75, 3.05) is 33.8 Å². The highest BCUT2D eigenvalue weighted by molar-refractivity contribution is 5.78. The van der Waals surface area contributed by atoms with Crippen molar-refractivity contribution in [2.45, 2.75) is 19.3 Å². The lowest BCUT2D eigenvalue weighted by Crippen LogP contribution is -2.37. The molecule has 0 unspecified atom stereocenters. The first-order valence-corrected chi connectivity index (χ1v) is 7.25. The zero-order chi connectivity index (χ0) is 14.4. The molecule has 1 aromatic rings. The van der Waals surface area contributed by atoms with Crippen molar-refractivity contribution in [3.05, 3.63) is 29.8 Å². The van der Waals surface area contributed by atoms with Crippen LogP contribution in [0.1, 0.15) is 18.4 Å². The Morgan fingerprint density at radius 1 is 1.30 bits per heavy atom. The fourth-order valence-electron chi connectivity index (χ4n) is 2.52. The number of carbonyl (C=O) groups is 1. The summed E-state index contributed by atoms with van der Waals surface area (Å²) in [4.78, 5) is 14.3. The predicted octanol–water partition coefficient (Wildman–Crippen LogP) is 1.70. The molecular formula is C16H24N2O2. The van der Waals surface area contributed by atoms with Crippen molar-refractivity contribution >= 4 is 5.91 Å². The lowest BCUT2D eigenvalue weighted by Gasteiger charge is -2.28. The van der Waals surface area contributed by atoms with Gasteiger partial charge in [0.2, 0.25) is 5.91 Å². The van der Waals surface area contributed by atoms with Gasteiger partial charge in [-0.2, -0.15) is 0 Å². The van der Waals surface area contributed by atoms with Gasteiger partial charge in [-0.05, 0) is 56.6 Å². The van der Waals surface area contributed by atoms with E-state index in [4.69, 9.17) is 4.74 Å². The second-order valence-electron chi connectivity index (χ2n) is 5.58. The van der Waals surface area contributed by atoms with Crippen LogP contribution in [0, 0.1) is 5.92 Å². The average molecular weight is 276 g/mol. The van der Waals surface area contributed by atoms with Gasteiger partial charge in [-0.1, -0.05) is 12.1 Å². The molecule has 0 spiro atoms. The molecule has 110 valence electrons. The monoisotopic (exact) mass is 276 g/mol. The Morgan fingerprint density at radius 3 is 2.55 bits per heavy atom. The van der Waals surface area contributed by atoms with Gasteiger partial charge in [0.15, 0.2) is 0 Å². The molecule has 1 heterocycles. The van der Waals surface area contributed by atoms with Gasteiger partial charge >= 0.3 is 0 Å². The van der Waals surface area contributed by atoms with Crippen LogP contribution in [-0.2, 0) is 11.2 Å². The van der Waals surface area contributed by atoms with Crippen molar-refractivity contribution in [1.29, 1.82) is 0 Å². The number of piperidine rings is 1. The fourth-order valence-corrected chi connectivity index (χ4v) is 2.52. The van der Waals surface area contributed by atoms with Gasteiger partial charge in [0, 0.05) is 6.54 Å². The standard InChI is InChI=1S/C16H24N2O2/c1-18-9-7-14(8-10-18)12-17-16(19)11-13-3-5-15(20-2)6-4-13/h3-6,14H,7-12H2,1-2H3,(H,17,19). The summed E-state index contributed by atoms with van der Waals surface area (Å²) in [5, 5.41) is 3.06. The number of amides is 1.